The molecule has 0 saturated carbocycles. The first-order chi connectivity index (χ1) is 14.3. The summed E-state index contributed by atoms with van der Waals surface area (Å²) in [4.78, 5) is 12.0. The second-order valence-electron chi connectivity index (χ2n) is 6.92. The highest BCUT2D eigenvalue weighted by atomic mass is 35.5. The van der Waals surface area contributed by atoms with E-state index in [9.17, 15) is 4.79 Å². The van der Waals surface area contributed by atoms with Crippen molar-refractivity contribution in [3.63, 3.8) is 0 Å². The number of benzene rings is 2. The van der Waals surface area contributed by atoms with Gasteiger partial charge in [0.05, 0.1) is 24.0 Å². The highest BCUT2D eigenvalue weighted by Crippen LogP contribution is 2.20. The van der Waals surface area contributed by atoms with Crippen molar-refractivity contribution in [3.05, 3.63) is 80.6 Å². The van der Waals surface area contributed by atoms with Gasteiger partial charge in [-0.05, 0) is 55.7 Å². The van der Waals surface area contributed by atoms with Crippen molar-refractivity contribution in [2.75, 3.05) is 6.61 Å². The predicted octanol–water partition coefficient (Wildman–Crippen LogP) is 4.69. The van der Waals surface area contributed by atoms with E-state index in [0.717, 1.165) is 16.7 Å². The Labute approximate surface area is 185 Å². The molecule has 1 heterocycles. The van der Waals surface area contributed by atoms with Crippen LogP contribution in [0.4, 0.5) is 0 Å². The first kappa shape index (κ1) is 21.9. The summed E-state index contributed by atoms with van der Waals surface area (Å²) < 4.78 is 7.24. The van der Waals surface area contributed by atoms with E-state index in [1.165, 1.54) is 6.21 Å². The van der Waals surface area contributed by atoms with Gasteiger partial charge >= 0.3 is 0 Å². The Morgan fingerprint density at radius 3 is 2.63 bits per heavy atom. The molecule has 0 aliphatic carbocycles. The van der Waals surface area contributed by atoms with Crippen molar-refractivity contribution in [2.45, 2.75) is 27.3 Å². The maximum absolute atomic E-state index is 12.0. The molecule has 8 heteroatoms. The van der Waals surface area contributed by atoms with Crippen LogP contribution in [0.1, 0.15) is 27.9 Å². The molecular weight excluding hydrogens is 423 g/mol. The number of nitrogens with zero attached hydrogens (tertiary/aromatic N) is 3. The van der Waals surface area contributed by atoms with Gasteiger partial charge in [0.1, 0.15) is 10.9 Å². The van der Waals surface area contributed by atoms with Gasteiger partial charge < -0.3 is 4.74 Å². The predicted molar refractivity (Wildman–Crippen MR) is 120 cm³/mol. The first-order valence-corrected chi connectivity index (χ1v) is 10.1. The minimum absolute atomic E-state index is 0.135. The number of carbonyl (C=O) groups excluding carboxylic acids is 1. The Morgan fingerprint density at radius 2 is 1.90 bits per heavy atom. The number of ether oxygens (including phenoxy) is 1. The van der Waals surface area contributed by atoms with E-state index in [1.54, 1.807) is 4.68 Å². The van der Waals surface area contributed by atoms with E-state index in [-0.39, 0.29) is 12.5 Å². The number of hydrogen-bond donors (Lipinski definition) is 1. The fourth-order valence-corrected chi connectivity index (χ4v) is 3.20. The summed E-state index contributed by atoms with van der Waals surface area (Å²) in [6.45, 7) is 6.09. The van der Waals surface area contributed by atoms with Crippen LogP contribution in [-0.4, -0.2) is 28.5 Å². The van der Waals surface area contributed by atoms with E-state index in [4.69, 9.17) is 27.9 Å². The summed E-state index contributed by atoms with van der Waals surface area (Å²) in [5, 5.41) is 9.54. The molecule has 3 aromatic rings. The zero-order valence-corrected chi connectivity index (χ0v) is 18.5. The van der Waals surface area contributed by atoms with Crippen LogP contribution in [0.2, 0.25) is 10.2 Å². The van der Waals surface area contributed by atoms with E-state index >= 15 is 0 Å². The molecule has 1 amide bonds. The lowest BCUT2D eigenvalue weighted by Crippen LogP contribution is -2.24. The van der Waals surface area contributed by atoms with Crippen molar-refractivity contribution >= 4 is 35.3 Å². The van der Waals surface area contributed by atoms with Gasteiger partial charge in [-0.25, -0.2) is 10.1 Å². The molecular formula is C22H22Cl2N4O2. The molecule has 0 saturated heterocycles. The minimum atomic E-state index is -0.366. The fraction of sp³-hybridized carbons (Fsp3) is 0.227. The zero-order chi connectivity index (χ0) is 21.7. The van der Waals surface area contributed by atoms with Crippen molar-refractivity contribution in [3.8, 4) is 5.75 Å². The lowest BCUT2D eigenvalue weighted by atomic mass is 10.1. The zero-order valence-electron chi connectivity index (χ0n) is 16.9. The molecule has 0 atom stereocenters. The van der Waals surface area contributed by atoms with Gasteiger partial charge in [0.2, 0.25) is 0 Å². The Morgan fingerprint density at radius 1 is 1.17 bits per heavy atom. The van der Waals surface area contributed by atoms with Gasteiger partial charge in [0.25, 0.3) is 5.91 Å². The molecule has 3 rings (SSSR count). The number of hydrazone groups is 1. The summed E-state index contributed by atoms with van der Waals surface area (Å²) in [5.74, 6) is 0.311. The molecule has 1 N–H and O–H groups in total. The summed E-state index contributed by atoms with van der Waals surface area (Å²) in [7, 11) is 0. The lowest BCUT2D eigenvalue weighted by Gasteiger charge is -2.08. The largest absolute Gasteiger partial charge is 0.483 e. The van der Waals surface area contributed by atoms with Gasteiger partial charge in [-0.2, -0.15) is 10.2 Å². The molecule has 0 radical (unpaired) electrons. The van der Waals surface area contributed by atoms with Crippen molar-refractivity contribution in [1.29, 1.82) is 0 Å². The smallest absolute Gasteiger partial charge is 0.277 e. The van der Waals surface area contributed by atoms with E-state index in [0.29, 0.717) is 33.7 Å². The molecule has 156 valence electrons. The van der Waals surface area contributed by atoms with Crippen LogP contribution in [0.15, 0.2) is 47.6 Å². The second kappa shape index (κ2) is 9.78. The maximum atomic E-state index is 12.0. The van der Waals surface area contributed by atoms with Crippen LogP contribution < -0.4 is 10.2 Å². The Balaban J connectivity index is 1.59. The Kier molecular flexibility index (Phi) is 7.13. The normalized spacial score (nSPS) is 11.1. The minimum Gasteiger partial charge on any atom is -0.483 e. The van der Waals surface area contributed by atoms with Gasteiger partial charge in [-0.1, -0.05) is 47.5 Å². The average molecular weight is 445 g/mol. The van der Waals surface area contributed by atoms with E-state index in [1.807, 2.05) is 63.2 Å². The topological polar surface area (TPSA) is 68.5 Å². The van der Waals surface area contributed by atoms with Crippen LogP contribution in [0, 0.1) is 20.8 Å². The third kappa shape index (κ3) is 5.62. The molecule has 0 unspecified atom stereocenters. The SMILES string of the molecule is Cc1ccc(C)c(OCC(=O)NN=Cc2c(C)nn(Cc3ccc(Cl)cc3)c2Cl)c1. The highest BCUT2D eigenvalue weighted by molar-refractivity contribution is 6.32. The summed E-state index contributed by atoms with van der Waals surface area (Å²) >= 11 is 12.4. The number of halogens is 2. The molecule has 6 nitrogen and oxygen atoms in total. The average Bonchev–Trinajstić information content (AvgIpc) is 2.97. The summed E-state index contributed by atoms with van der Waals surface area (Å²) in [6, 6.07) is 13.3. The van der Waals surface area contributed by atoms with E-state index < -0.39 is 0 Å². The third-order valence-electron chi connectivity index (χ3n) is 4.44. The molecule has 0 spiro atoms. The van der Waals surface area contributed by atoms with Gasteiger partial charge in [-0.15, -0.1) is 0 Å². The quantitative estimate of drug-likeness (QED) is 0.424. The second-order valence-corrected chi connectivity index (χ2v) is 7.72. The lowest BCUT2D eigenvalue weighted by molar-refractivity contribution is -0.123. The molecule has 0 bridgehead atoms. The van der Waals surface area contributed by atoms with Crippen molar-refractivity contribution in [1.82, 2.24) is 15.2 Å². The monoisotopic (exact) mass is 444 g/mol. The van der Waals surface area contributed by atoms with Crippen LogP contribution >= 0.6 is 23.2 Å². The maximum Gasteiger partial charge on any atom is 0.277 e. The summed E-state index contributed by atoms with van der Waals surface area (Å²) in [5.41, 5.74) is 6.85. The van der Waals surface area contributed by atoms with Crippen LogP contribution in [-0.2, 0) is 11.3 Å². The molecule has 30 heavy (non-hydrogen) atoms. The van der Waals surface area contributed by atoms with Gasteiger partial charge in [0.15, 0.2) is 6.61 Å². The van der Waals surface area contributed by atoms with Gasteiger partial charge in [0, 0.05) is 5.02 Å². The highest BCUT2D eigenvalue weighted by Gasteiger charge is 2.12. The molecule has 0 fully saturated rings. The molecule has 1 aromatic heterocycles. The third-order valence-corrected chi connectivity index (χ3v) is 5.09. The van der Waals surface area contributed by atoms with Crippen molar-refractivity contribution < 1.29 is 9.53 Å². The van der Waals surface area contributed by atoms with Crippen LogP contribution in [0.25, 0.3) is 0 Å². The Bertz CT molecular complexity index is 1080. The van der Waals surface area contributed by atoms with Crippen molar-refractivity contribution in [2.24, 2.45) is 5.10 Å². The number of nitrogens with one attached hydrogen (secondary N) is 1. The Hall–Kier alpha value is -2.83. The number of amides is 1. The van der Waals surface area contributed by atoms with E-state index in [2.05, 4.69) is 15.6 Å². The fourth-order valence-electron chi connectivity index (χ4n) is 2.79. The standard InChI is InChI=1S/C22H22Cl2N4O2/c1-14-4-5-15(2)20(10-14)30-13-21(29)26-25-11-19-16(3)27-28(22(19)24)12-17-6-8-18(23)9-7-17/h4-11H,12-13H2,1-3H3,(H,26,29). The first-order valence-electron chi connectivity index (χ1n) is 9.33. The summed E-state index contributed by atoms with van der Waals surface area (Å²) in [6.07, 6.45) is 1.48. The molecule has 0 aliphatic heterocycles. The van der Waals surface area contributed by atoms with Crippen LogP contribution in [0.5, 0.6) is 5.75 Å². The number of carbonyl (C=O) groups is 1. The molecule has 2 aromatic carbocycles. The number of hydrogen-bond acceptors (Lipinski definition) is 4. The number of aromatic nitrogens is 2. The van der Waals surface area contributed by atoms with Gasteiger partial charge in [-0.3, -0.25) is 4.79 Å². The van der Waals surface area contributed by atoms with Crippen LogP contribution in [0.3, 0.4) is 0 Å². The molecule has 0 aliphatic rings. The number of rotatable bonds is 7. The number of aryl methyl sites for hydroxylation is 3.